The first-order valence-corrected chi connectivity index (χ1v) is 8.95. The molecule has 0 aliphatic carbocycles. The molecule has 0 aromatic carbocycles. The maximum absolute atomic E-state index is 12.5. The van der Waals surface area contributed by atoms with Gasteiger partial charge in [-0.1, -0.05) is 0 Å². The third kappa shape index (κ3) is 6.29. The molecule has 3 rings (SSSR count). The van der Waals surface area contributed by atoms with E-state index in [9.17, 15) is 22.8 Å². The van der Waals surface area contributed by atoms with Crippen LogP contribution >= 0.6 is 0 Å². The standard InChI is InChI=1S/C20H17F3N4O4/c1-12(28)27-17-8-14(4-5-24-17)18(29)25-9-13-7-15(16-3-2-6-30-16)19(26-10-13)31-11-20(21,22)23/h2-8,10H,9,11H2,1H3,(H,25,29)(H,24,27,28). The average Bonchev–Trinajstić information content (AvgIpc) is 3.24. The molecule has 3 aromatic heterocycles. The molecule has 0 unspecified atom stereocenters. The molecule has 0 aliphatic heterocycles. The molecule has 0 saturated heterocycles. The Kier molecular flexibility index (Phi) is 6.53. The van der Waals surface area contributed by atoms with E-state index in [4.69, 9.17) is 9.15 Å². The van der Waals surface area contributed by atoms with E-state index in [1.54, 1.807) is 12.1 Å². The summed E-state index contributed by atoms with van der Waals surface area (Å²) in [4.78, 5) is 31.4. The fraction of sp³-hybridized carbons (Fsp3) is 0.200. The number of nitrogens with zero attached hydrogens (tertiary/aromatic N) is 2. The quantitative estimate of drug-likeness (QED) is 0.589. The van der Waals surface area contributed by atoms with E-state index in [-0.39, 0.29) is 41.0 Å². The van der Waals surface area contributed by atoms with Crippen LogP contribution in [-0.4, -0.2) is 34.6 Å². The molecule has 2 amide bonds. The summed E-state index contributed by atoms with van der Waals surface area (Å²) in [6, 6.07) is 7.54. The number of ether oxygens (including phenoxy) is 1. The summed E-state index contributed by atoms with van der Waals surface area (Å²) in [5.41, 5.74) is 0.996. The SMILES string of the molecule is CC(=O)Nc1cc(C(=O)NCc2cnc(OCC(F)(F)F)c(-c3ccco3)c2)ccn1. The molecule has 162 valence electrons. The lowest BCUT2D eigenvalue weighted by molar-refractivity contribution is -0.154. The topological polar surface area (TPSA) is 106 Å². The van der Waals surface area contributed by atoms with E-state index in [0.717, 1.165) is 0 Å². The molecular weight excluding hydrogens is 417 g/mol. The van der Waals surface area contributed by atoms with Gasteiger partial charge in [0.1, 0.15) is 11.6 Å². The number of carbonyl (C=O) groups is 2. The molecule has 0 spiro atoms. The number of pyridine rings is 2. The number of anilines is 1. The summed E-state index contributed by atoms with van der Waals surface area (Å²) >= 11 is 0. The maximum atomic E-state index is 12.5. The summed E-state index contributed by atoms with van der Waals surface area (Å²) in [5, 5.41) is 5.15. The van der Waals surface area contributed by atoms with E-state index in [1.165, 1.54) is 43.8 Å². The number of carbonyl (C=O) groups excluding carboxylic acids is 2. The van der Waals surface area contributed by atoms with Crippen molar-refractivity contribution in [3.8, 4) is 17.2 Å². The Hall–Kier alpha value is -3.89. The van der Waals surface area contributed by atoms with Crippen LogP contribution in [0.1, 0.15) is 22.8 Å². The zero-order chi connectivity index (χ0) is 22.4. The summed E-state index contributed by atoms with van der Waals surface area (Å²) in [7, 11) is 0. The number of aromatic nitrogens is 2. The molecule has 3 heterocycles. The Morgan fingerprint density at radius 2 is 2.00 bits per heavy atom. The Morgan fingerprint density at radius 1 is 1.19 bits per heavy atom. The van der Waals surface area contributed by atoms with Gasteiger partial charge in [0, 0.05) is 31.4 Å². The normalized spacial score (nSPS) is 11.1. The van der Waals surface area contributed by atoms with E-state index >= 15 is 0 Å². The summed E-state index contributed by atoms with van der Waals surface area (Å²) in [6.45, 7) is -0.139. The highest BCUT2D eigenvalue weighted by molar-refractivity contribution is 5.96. The van der Waals surface area contributed by atoms with Crippen LogP contribution < -0.4 is 15.4 Å². The fourth-order valence-electron chi connectivity index (χ4n) is 2.57. The van der Waals surface area contributed by atoms with Gasteiger partial charge in [0.25, 0.3) is 5.91 Å². The highest BCUT2D eigenvalue weighted by Crippen LogP contribution is 2.30. The van der Waals surface area contributed by atoms with Gasteiger partial charge in [0.2, 0.25) is 11.8 Å². The van der Waals surface area contributed by atoms with Crippen LogP contribution in [0.3, 0.4) is 0 Å². The summed E-state index contributed by atoms with van der Waals surface area (Å²) in [5.74, 6) is -0.503. The van der Waals surface area contributed by atoms with Crippen molar-refractivity contribution in [3.05, 3.63) is 60.1 Å². The Morgan fingerprint density at radius 3 is 2.68 bits per heavy atom. The molecule has 0 fully saturated rings. The van der Waals surface area contributed by atoms with E-state index in [2.05, 4.69) is 20.6 Å². The lowest BCUT2D eigenvalue weighted by Gasteiger charge is -2.13. The van der Waals surface area contributed by atoms with Crippen LogP contribution in [0.15, 0.2) is 53.4 Å². The van der Waals surface area contributed by atoms with Gasteiger partial charge in [-0.05, 0) is 35.9 Å². The first-order chi connectivity index (χ1) is 14.7. The smallest absolute Gasteiger partial charge is 0.422 e. The van der Waals surface area contributed by atoms with Crippen molar-refractivity contribution in [3.63, 3.8) is 0 Å². The van der Waals surface area contributed by atoms with Gasteiger partial charge in [0.15, 0.2) is 6.61 Å². The number of furan rings is 1. The van der Waals surface area contributed by atoms with Gasteiger partial charge in [0.05, 0.1) is 11.8 Å². The second kappa shape index (κ2) is 9.28. The summed E-state index contributed by atoms with van der Waals surface area (Å²) < 4.78 is 47.6. The predicted octanol–water partition coefficient (Wildman–Crippen LogP) is 3.57. The molecule has 0 aliphatic rings. The number of amides is 2. The fourth-order valence-corrected chi connectivity index (χ4v) is 2.57. The number of alkyl halides is 3. The average molecular weight is 434 g/mol. The zero-order valence-electron chi connectivity index (χ0n) is 16.2. The van der Waals surface area contributed by atoms with Crippen molar-refractivity contribution in [1.82, 2.24) is 15.3 Å². The molecule has 0 radical (unpaired) electrons. The minimum Gasteiger partial charge on any atom is -0.467 e. The van der Waals surface area contributed by atoms with Gasteiger partial charge in [-0.15, -0.1) is 0 Å². The van der Waals surface area contributed by atoms with Crippen LogP contribution in [0.25, 0.3) is 11.3 Å². The lowest BCUT2D eigenvalue weighted by Crippen LogP contribution is -2.23. The number of hydrogen-bond acceptors (Lipinski definition) is 6. The van der Waals surface area contributed by atoms with E-state index in [0.29, 0.717) is 5.56 Å². The Balaban J connectivity index is 1.74. The van der Waals surface area contributed by atoms with Crippen LogP contribution in [0, 0.1) is 0 Å². The number of nitrogens with one attached hydrogen (secondary N) is 2. The lowest BCUT2D eigenvalue weighted by atomic mass is 10.1. The third-order valence-corrected chi connectivity index (χ3v) is 3.85. The van der Waals surface area contributed by atoms with Gasteiger partial charge in [-0.3, -0.25) is 9.59 Å². The predicted molar refractivity (Wildman–Crippen MR) is 103 cm³/mol. The zero-order valence-corrected chi connectivity index (χ0v) is 16.2. The van der Waals surface area contributed by atoms with Crippen LogP contribution in [0.4, 0.5) is 19.0 Å². The first kappa shape index (κ1) is 21.8. The second-order valence-electron chi connectivity index (χ2n) is 6.37. The van der Waals surface area contributed by atoms with Crippen molar-refractivity contribution in [2.24, 2.45) is 0 Å². The molecule has 31 heavy (non-hydrogen) atoms. The van der Waals surface area contributed by atoms with Gasteiger partial charge in [-0.25, -0.2) is 9.97 Å². The third-order valence-electron chi connectivity index (χ3n) is 3.85. The van der Waals surface area contributed by atoms with E-state index in [1.807, 2.05) is 0 Å². The van der Waals surface area contributed by atoms with Crippen molar-refractivity contribution in [1.29, 1.82) is 0 Å². The van der Waals surface area contributed by atoms with Gasteiger partial charge in [-0.2, -0.15) is 13.2 Å². The van der Waals surface area contributed by atoms with Crippen molar-refractivity contribution < 1.29 is 31.9 Å². The maximum Gasteiger partial charge on any atom is 0.422 e. The first-order valence-electron chi connectivity index (χ1n) is 8.95. The van der Waals surface area contributed by atoms with Crippen LogP contribution in [-0.2, 0) is 11.3 Å². The Labute approximate surface area is 174 Å². The minimum atomic E-state index is -4.52. The minimum absolute atomic E-state index is 0.0386. The largest absolute Gasteiger partial charge is 0.467 e. The van der Waals surface area contributed by atoms with Crippen LogP contribution in [0.2, 0.25) is 0 Å². The number of halogens is 3. The van der Waals surface area contributed by atoms with Gasteiger partial charge < -0.3 is 19.8 Å². The molecule has 0 bridgehead atoms. The molecule has 0 saturated carbocycles. The molecule has 3 aromatic rings. The van der Waals surface area contributed by atoms with Crippen LogP contribution in [0.5, 0.6) is 5.88 Å². The second-order valence-corrected chi connectivity index (χ2v) is 6.37. The van der Waals surface area contributed by atoms with Crippen molar-refractivity contribution in [2.45, 2.75) is 19.6 Å². The monoisotopic (exact) mass is 434 g/mol. The van der Waals surface area contributed by atoms with E-state index < -0.39 is 18.7 Å². The van der Waals surface area contributed by atoms with Crippen molar-refractivity contribution in [2.75, 3.05) is 11.9 Å². The number of hydrogen-bond donors (Lipinski definition) is 2. The highest BCUT2D eigenvalue weighted by Gasteiger charge is 2.29. The summed E-state index contributed by atoms with van der Waals surface area (Å²) in [6.07, 6.45) is -0.472. The molecular formula is C20H17F3N4O4. The molecule has 2 N–H and O–H groups in total. The molecule has 0 atom stereocenters. The Bertz CT molecular complexity index is 1070. The van der Waals surface area contributed by atoms with Crippen molar-refractivity contribution >= 4 is 17.6 Å². The molecule has 8 nitrogen and oxygen atoms in total. The number of rotatable bonds is 7. The highest BCUT2D eigenvalue weighted by atomic mass is 19.4. The van der Waals surface area contributed by atoms with Gasteiger partial charge >= 0.3 is 6.18 Å². The molecule has 11 heteroatoms.